The third-order valence-corrected chi connectivity index (χ3v) is 4.35. The smallest absolute Gasteiger partial charge is 0.119 e. The predicted molar refractivity (Wildman–Crippen MR) is 75.3 cm³/mol. The van der Waals surface area contributed by atoms with Crippen molar-refractivity contribution in [2.45, 2.75) is 28.9 Å². The molecule has 0 bridgehead atoms. The normalized spacial score (nSPS) is 10.4. The van der Waals surface area contributed by atoms with Crippen molar-refractivity contribution >= 4 is 23.1 Å². The van der Waals surface area contributed by atoms with Crippen LogP contribution in [0.5, 0.6) is 5.75 Å². The molecule has 1 heterocycles. The first kappa shape index (κ1) is 12.5. The molecule has 2 aromatic rings. The van der Waals surface area contributed by atoms with Crippen molar-refractivity contribution < 1.29 is 4.74 Å². The lowest BCUT2D eigenvalue weighted by Crippen LogP contribution is -1.95. The zero-order valence-corrected chi connectivity index (χ0v) is 11.5. The summed E-state index contributed by atoms with van der Waals surface area (Å²) in [5.74, 6) is 0.967. The third kappa shape index (κ3) is 4.10. The molecule has 3 heteroatoms. The molecule has 0 amide bonds. The van der Waals surface area contributed by atoms with Crippen molar-refractivity contribution in [2.24, 2.45) is 0 Å². The van der Waals surface area contributed by atoms with E-state index in [-0.39, 0.29) is 0 Å². The van der Waals surface area contributed by atoms with E-state index in [0.717, 1.165) is 18.8 Å². The lowest BCUT2D eigenvalue weighted by Gasteiger charge is -2.05. The lowest BCUT2D eigenvalue weighted by atomic mass is 10.3. The molecule has 0 spiro atoms. The number of thiophene rings is 1. The van der Waals surface area contributed by atoms with E-state index in [4.69, 9.17) is 4.74 Å². The first-order valence-corrected chi connectivity index (χ1v) is 7.52. The standard InChI is InChI=1S/C14H16OS2/c1-2-3-10-15-12-6-8-13(9-7-12)17-14-5-4-11-16-14/h4-9,11H,2-3,10H2,1H3. The van der Waals surface area contributed by atoms with Gasteiger partial charge in [0.05, 0.1) is 10.8 Å². The van der Waals surface area contributed by atoms with Crippen molar-refractivity contribution in [1.29, 1.82) is 0 Å². The molecule has 0 aliphatic rings. The van der Waals surface area contributed by atoms with Gasteiger partial charge in [-0.1, -0.05) is 31.2 Å². The van der Waals surface area contributed by atoms with Crippen LogP contribution >= 0.6 is 23.1 Å². The van der Waals surface area contributed by atoms with Crippen molar-refractivity contribution in [1.82, 2.24) is 0 Å². The average molecular weight is 264 g/mol. The van der Waals surface area contributed by atoms with Crippen LogP contribution in [0.15, 0.2) is 50.9 Å². The lowest BCUT2D eigenvalue weighted by molar-refractivity contribution is 0.309. The Balaban J connectivity index is 1.89. The Morgan fingerprint density at radius 3 is 2.65 bits per heavy atom. The van der Waals surface area contributed by atoms with Gasteiger partial charge in [0.25, 0.3) is 0 Å². The Bertz CT molecular complexity index is 420. The Morgan fingerprint density at radius 1 is 1.18 bits per heavy atom. The minimum absolute atomic E-state index is 0.813. The molecule has 1 aromatic carbocycles. The first-order chi connectivity index (χ1) is 8.38. The number of ether oxygens (including phenoxy) is 1. The summed E-state index contributed by atoms with van der Waals surface area (Å²) >= 11 is 3.56. The van der Waals surface area contributed by atoms with Gasteiger partial charge in [0.15, 0.2) is 0 Å². The van der Waals surface area contributed by atoms with Gasteiger partial charge < -0.3 is 4.74 Å². The third-order valence-electron chi connectivity index (χ3n) is 2.30. The summed E-state index contributed by atoms with van der Waals surface area (Å²) in [6, 6.07) is 12.5. The number of unbranched alkanes of at least 4 members (excludes halogenated alkanes) is 1. The van der Waals surface area contributed by atoms with Crippen molar-refractivity contribution in [3.05, 3.63) is 41.8 Å². The van der Waals surface area contributed by atoms with E-state index in [1.165, 1.54) is 15.5 Å². The molecule has 0 fully saturated rings. The first-order valence-electron chi connectivity index (χ1n) is 5.82. The van der Waals surface area contributed by atoms with E-state index in [0.29, 0.717) is 0 Å². The fraction of sp³-hybridized carbons (Fsp3) is 0.286. The monoisotopic (exact) mass is 264 g/mol. The number of hydrogen-bond acceptors (Lipinski definition) is 3. The fourth-order valence-corrected chi connectivity index (χ4v) is 3.12. The van der Waals surface area contributed by atoms with Gasteiger partial charge in [0.1, 0.15) is 5.75 Å². The zero-order valence-electron chi connectivity index (χ0n) is 9.89. The highest BCUT2D eigenvalue weighted by Gasteiger charge is 1.99. The van der Waals surface area contributed by atoms with Gasteiger partial charge in [0, 0.05) is 4.90 Å². The molecule has 1 aromatic heterocycles. The molecule has 0 aliphatic heterocycles. The minimum Gasteiger partial charge on any atom is -0.494 e. The number of rotatable bonds is 6. The Kier molecular flexibility index (Phi) is 4.95. The summed E-state index contributed by atoms with van der Waals surface area (Å²) in [6.45, 7) is 2.98. The summed E-state index contributed by atoms with van der Waals surface area (Å²) < 4.78 is 6.95. The van der Waals surface area contributed by atoms with Crippen LogP contribution < -0.4 is 4.74 Å². The van der Waals surface area contributed by atoms with Crippen LogP contribution in [0.4, 0.5) is 0 Å². The molecule has 0 N–H and O–H groups in total. The van der Waals surface area contributed by atoms with Crippen LogP contribution in [-0.4, -0.2) is 6.61 Å². The maximum atomic E-state index is 5.63. The summed E-state index contributed by atoms with van der Waals surface area (Å²) in [4.78, 5) is 1.26. The molecule has 90 valence electrons. The molecule has 0 saturated carbocycles. The summed E-state index contributed by atoms with van der Waals surface area (Å²) in [5, 5.41) is 2.10. The highest BCUT2D eigenvalue weighted by Crippen LogP contribution is 2.31. The minimum atomic E-state index is 0.813. The summed E-state index contributed by atoms with van der Waals surface area (Å²) in [6.07, 6.45) is 2.29. The van der Waals surface area contributed by atoms with Crippen LogP contribution in [0.3, 0.4) is 0 Å². The maximum Gasteiger partial charge on any atom is 0.119 e. The number of hydrogen-bond donors (Lipinski definition) is 0. The fourth-order valence-electron chi connectivity index (χ4n) is 1.38. The highest BCUT2D eigenvalue weighted by atomic mass is 32.2. The van der Waals surface area contributed by atoms with Crippen LogP contribution in [0, 0.1) is 0 Å². The van der Waals surface area contributed by atoms with E-state index in [1.807, 2.05) is 12.1 Å². The highest BCUT2D eigenvalue weighted by molar-refractivity contribution is 8.01. The second kappa shape index (κ2) is 6.72. The molecule has 0 unspecified atom stereocenters. The van der Waals surface area contributed by atoms with E-state index in [1.54, 1.807) is 23.1 Å². The molecule has 2 rings (SSSR count). The summed E-state index contributed by atoms with van der Waals surface area (Å²) in [7, 11) is 0. The van der Waals surface area contributed by atoms with Gasteiger partial charge in [-0.3, -0.25) is 0 Å². The van der Waals surface area contributed by atoms with Gasteiger partial charge in [0.2, 0.25) is 0 Å². The predicted octanol–water partition coefficient (Wildman–Crippen LogP) is 5.08. The van der Waals surface area contributed by atoms with Gasteiger partial charge in [-0.2, -0.15) is 0 Å². The second-order valence-corrected chi connectivity index (χ2v) is 6.03. The van der Waals surface area contributed by atoms with Gasteiger partial charge in [-0.05, 0) is 42.1 Å². The van der Waals surface area contributed by atoms with Gasteiger partial charge in [-0.25, -0.2) is 0 Å². The Hall–Kier alpha value is -0.930. The average Bonchev–Trinajstić information content (AvgIpc) is 2.85. The maximum absolute atomic E-state index is 5.63. The molecule has 0 aliphatic carbocycles. The largest absolute Gasteiger partial charge is 0.494 e. The van der Waals surface area contributed by atoms with Crippen molar-refractivity contribution in [3.63, 3.8) is 0 Å². The van der Waals surface area contributed by atoms with Gasteiger partial charge >= 0.3 is 0 Å². The van der Waals surface area contributed by atoms with E-state index in [9.17, 15) is 0 Å². The quantitative estimate of drug-likeness (QED) is 0.673. The van der Waals surface area contributed by atoms with Crippen LogP contribution in [0.25, 0.3) is 0 Å². The SMILES string of the molecule is CCCCOc1ccc(Sc2cccs2)cc1. The van der Waals surface area contributed by atoms with E-state index >= 15 is 0 Å². The van der Waals surface area contributed by atoms with Crippen LogP contribution in [0.1, 0.15) is 19.8 Å². The van der Waals surface area contributed by atoms with Crippen LogP contribution in [0.2, 0.25) is 0 Å². The zero-order chi connectivity index (χ0) is 11.9. The summed E-state index contributed by atoms with van der Waals surface area (Å²) in [5.41, 5.74) is 0. The second-order valence-electron chi connectivity index (χ2n) is 3.71. The molecular weight excluding hydrogens is 248 g/mol. The molecule has 17 heavy (non-hydrogen) atoms. The molecular formula is C14H16OS2. The number of benzene rings is 1. The molecule has 0 atom stereocenters. The Morgan fingerprint density at radius 2 is 2.00 bits per heavy atom. The van der Waals surface area contributed by atoms with Crippen molar-refractivity contribution in [3.8, 4) is 5.75 Å². The van der Waals surface area contributed by atoms with Crippen molar-refractivity contribution in [2.75, 3.05) is 6.61 Å². The molecule has 0 radical (unpaired) electrons. The topological polar surface area (TPSA) is 9.23 Å². The van der Waals surface area contributed by atoms with E-state index < -0.39 is 0 Å². The Labute approximate surface area is 111 Å². The van der Waals surface area contributed by atoms with E-state index in [2.05, 4.69) is 36.6 Å². The van der Waals surface area contributed by atoms with Gasteiger partial charge in [-0.15, -0.1) is 11.3 Å². The van der Waals surface area contributed by atoms with Crippen LogP contribution in [-0.2, 0) is 0 Å². The molecule has 1 nitrogen and oxygen atoms in total. The molecule has 0 saturated heterocycles.